The molecule has 3 rings (SSSR count). The maximum absolute atomic E-state index is 10.8. The first-order chi connectivity index (χ1) is 8.75. The van der Waals surface area contributed by atoms with Gasteiger partial charge in [-0.15, -0.1) is 11.3 Å². The number of benzene rings is 1. The van der Waals surface area contributed by atoms with E-state index in [4.69, 9.17) is 0 Å². The number of thiophene rings is 1. The van der Waals surface area contributed by atoms with Gasteiger partial charge in [0.05, 0.1) is 4.92 Å². The minimum atomic E-state index is -0.368. The van der Waals surface area contributed by atoms with E-state index in [0.29, 0.717) is 0 Å². The van der Waals surface area contributed by atoms with E-state index >= 15 is 0 Å². The lowest BCUT2D eigenvalue weighted by atomic mass is 10.1. The van der Waals surface area contributed by atoms with E-state index in [0.717, 1.165) is 21.2 Å². The number of fused-ring (bicyclic) bond motifs is 1. The molecule has 2 aromatic heterocycles. The van der Waals surface area contributed by atoms with Crippen molar-refractivity contribution in [2.45, 2.75) is 0 Å². The minimum absolute atomic E-state index is 0.121. The van der Waals surface area contributed by atoms with E-state index in [1.165, 1.54) is 6.07 Å². The van der Waals surface area contributed by atoms with Gasteiger partial charge in [0.2, 0.25) is 0 Å². The van der Waals surface area contributed by atoms with Crippen LogP contribution in [0.3, 0.4) is 0 Å². The summed E-state index contributed by atoms with van der Waals surface area (Å²) in [5.74, 6) is 0. The molecule has 4 nitrogen and oxygen atoms in total. The largest absolute Gasteiger partial charge is 0.270 e. The Bertz CT molecular complexity index is 722. The van der Waals surface area contributed by atoms with Gasteiger partial charge in [-0.1, -0.05) is 0 Å². The Hall–Kier alpha value is -2.27. The van der Waals surface area contributed by atoms with Gasteiger partial charge in [-0.25, -0.2) is 0 Å². The fourth-order valence-electron chi connectivity index (χ4n) is 1.89. The number of hydrogen-bond acceptors (Lipinski definition) is 4. The van der Waals surface area contributed by atoms with Gasteiger partial charge in [0.15, 0.2) is 0 Å². The molecule has 2 heterocycles. The van der Waals surface area contributed by atoms with Crippen molar-refractivity contribution in [3.05, 3.63) is 58.2 Å². The predicted molar refractivity (Wildman–Crippen MR) is 71.7 cm³/mol. The lowest BCUT2D eigenvalue weighted by Crippen LogP contribution is -1.86. The van der Waals surface area contributed by atoms with Crippen molar-refractivity contribution in [3.63, 3.8) is 0 Å². The van der Waals surface area contributed by atoms with Crippen LogP contribution in [0, 0.1) is 10.1 Å². The summed E-state index contributed by atoms with van der Waals surface area (Å²) >= 11 is 1.59. The van der Waals surface area contributed by atoms with Crippen molar-refractivity contribution < 1.29 is 4.92 Å². The molecule has 0 saturated carbocycles. The molecule has 0 aliphatic carbocycles. The first kappa shape index (κ1) is 10.9. The van der Waals surface area contributed by atoms with Crippen molar-refractivity contribution in [1.82, 2.24) is 4.98 Å². The molecular weight excluding hydrogens is 248 g/mol. The normalized spacial score (nSPS) is 10.7. The maximum atomic E-state index is 10.8. The highest BCUT2D eigenvalue weighted by molar-refractivity contribution is 7.17. The smallest absolute Gasteiger partial charge is 0.265 e. The highest BCUT2D eigenvalue weighted by Gasteiger charge is 2.11. The molecule has 0 radical (unpaired) electrons. The molecule has 0 unspecified atom stereocenters. The highest BCUT2D eigenvalue weighted by atomic mass is 32.1. The molecule has 0 aliphatic rings. The van der Waals surface area contributed by atoms with Crippen molar-refractivity contribution in [2.75, 3.05) is 0 Å². The lowest BCUT2D eigenvalue weighted by Gasteiger charge is -1.99. The molecule has 0 fully saturated rings. The van der Waals surface area contributed by atoms with E-state index in [2.05, 4.69) is 4.98 Å². The Balaban J connectivity index is 2.24. The molecule has 88 valence electrons. The Morgan fingerprint density at radius 1 is 1.17 bits per heavy atom. The van der Waals surface area contributed by atoms with Gasteiger partial charge in [0.25, 0.3) is 5.69 Å². The van der Waals surface area contributed by atoms with Crippen LogP contribution in [0.25, 0.3) is 21.2 Å². The molecule has 0 atom stereocenters. The van der Waals surface area contributed by atoms with Crippen molar-refractivity contribution in [3.8, 4) is 11.1 Å². The van der Waals surface area contributed by atoms with Crippen LogP contribution in [0.1, 0.15) is 0 Å². The standard InChI is InChI=1S/C13H8N2O2S/c16-15(17)10-1-2-13-11(7-10)12(8-18-13)9-3-5-14-6-4-9/h1-8H. The predicted octanol–water partition coefficient (Wildman–Crippen LogP) is 3.87. The molecule has 5 heteroatoms. The van der Waals surface area contributed by atoms with Crippen LogP contribution in [0.15, 0.2) is 48.1 Å². The Morgan fingerprint density at radius 2 is 1.94 bits per heavy atom. The third-order valence-electron chi connectivity index (χ3n) is 2.76. The zero-order valence-electron chi connectivity index (χ0n) is 9.24. The molecule has 3 aromatic rings. The summed E-state index contributed by atoms with van der Waals surface area (Å²) in [5, 5.41) is 13.7. The number of nitro benzene ring substituents is 1. The first-order valence-electron chi connectivity index (χ1n) is 5.32. The van der Waals surface area contributed by atoms with Gasteiger partial charge in [-0.05, 0) is 29.1 Å². The molecule has 0 aliphatic heterocycles. The molecule has 0 bridgehead atoms. The van der Waals surface area contributed by atoms with Gasteiger partial charge >= 0.3 is 0 Å². The van der Waals surface area contributed by atoms with Crippen LogP contribution in [-0.4, -0.2) is 9.91 Å². The topological polar surface area (TPSA) is 56.0 Å². The third-order valence-corrected chi connectivity index (χ3v) is 3.72. The van der Waals surface area contributed by atoms with Gasteiger partial charge in [0, 0.05) is 40.2 Å². The second kappa shape index (κ2) is 4.19. The summed E-state index contributed by atoms with van der Waals surface area (Å²) in [6.45, 7) is 0. The van der Waals surface area contributed by atoms with Crippen molar-refractivity contribution in [2.24, 2.45) is 0 Å². The van der Waals surface area contributed by atoms with Crippen LogP contribution in [0.4, 0.5) is 5.69 Å². The zero-order chi connectivity index (χ0) is 12.5. The SMILES string of the molecule is O=[N+]([O-])c1ccc2scc(-c3ccncc3)c2c1. The van der Waals surface area contributed by atoms with E-state index in [1.807, 2.05) is 17.5 Å². The maximum Gasteiger partial charge on any atom is 0.270 e. The van der Waals surface area contributed by atoms with Crippen molar-refractivity contribution in [1.29, 1.82) is 0 Å². The number of rotatable bonds is 2. The second-order valence-electron chi connectivity index (χ2n) is 3.82. The van der Waals surface area contributed by atoms with Gasteiger partial charge < -0.3 is 0 Å². The quantitative estimate of drug-likeness (QED) is 0.516. The van der Waals surface area contributed by atoms with Gasteiger partial charge in [-0.2, -0.15) is 0 Å². The van der Waals surface area contributed by atoms with E-state index < -0.39 is 0 Å². The molecule has 0 N–H and O–H groups in total. The summed E-state index contributed by atoms with van der Waals surface area (Å²) in [5.41, 5.74) is 2.16. The number of non-ortho nitro benzene ring substituents is 1. The number of aromatic nitrogens is 1. The van der Waals surface area contributed by atoms with E-state index in [-0.39, 0.29) is 10.6 Å². The fraction of sp³-hybridized carbons (Fsp3) is 0. The lowest BCUT2D eigenvalue weighted by molar-refractivity contribution is -0.384. The molecular formula is C13H8N2O2S. The summed E-state index contributed by atoms with van der Waals surface area (Å²) in [6.07, 6.45) is 3.44. The molecule has 1 aromatic carbocycles. The average Bonchev–Trinajstić information content (AvgIpc) is 2.82. The first-order valence-corrected chi connectivity index (χ1v) is 6.20. The molecule has 0 amide bonds. The highest BCUT2D eigenvalue weighted by Crippen LogP contribution is 2.35. The Kier molecular flexibility index (Phi) is 2.53. The van der Waals surface area contributed by atoms with Crippen molar-refractivity contribution >= 4 is 27.1 Å². The summed E-state index contributed by atoms with van der Waals surface area (Å²) in [7, 11) is 0. The van der Waals surface area contributed by atoms with Crippen LogP contribution in [0.5, 0.6) is 0 Å². The van der Waals surface area contributed by atoms with Crippen LogP contribution >= 0.6 is 11.3 Å². The van der Waals surface area contributed by atoms with Gasteiger partial charge in [-0.3, -0.25) is 15.1 Å². The molecule has 18 heavy (non-hydrogen) atoms. The van der Waals surface area contributed by atoms with E-state index in [9.17, 15) is 10.1 Å². The zero-order valence-corrected chi connectivity index (χ0v) is 10.1. The van der Waals surface area contributed by atoms with Crippen LogP contribution in [-0.2, 0) is 0 Å². The number of nitrogens with zero attached hydrogens (tertiary/aromatic N) is 2. The molecule has 0 saturated heterocycles. The summed E-state index contributed by atoms with van der Waals surface area (Å²) in [4.78, 5) is 14.4. The number of hydrogen-bond donors (Lipinski definition) is 0. The monoisotopic (exact) mass is 256 g/mol. The Labute approximate surface area is 107 Å². The third kappa shape index (κ3) is 1.74. The van der Waals surface area contributed by atoms with Crippen LogP contribution in [0.2, 0.25) is 0 Å². The number of nitro groups is 1. The van der Waals surface area contributed by atoms with E-state index in [1.54, 1.807) is 35.9 Å². The van der Waals surface area contributed by atoms with Crippen LogP contribution < -0.4 is 0 Å². The minimum Gasteiger partial charge on any atom is -0.265 e. The summed E-state index contributed by atoms with van der Waals surface area (Å²) in [6, 6.07) is 8.76. The number of pyridine rings is 1. The van der Waals surface area contributed by atoms with Gasteiger partial charge in [0.1, 0.15) is 0 Å². The average molecular weight is 256 g/mol. The Morgan fingerprint density at radius 3 is 2.67 bits per heavy atom. The summed E-state index contributed by atoms with van der Waals surface area (Å²) < 4.78 is 1.05. The molecule has 0 spiro atoms. The second-order valence-corrected chi connectivity index (χ2v) is 4.73. The fourth-order valence-corrected chi connectivity index (χ4v) is 2.84.